The first-order valence-corrected chi connectivity index (χ1v) is 6.65. The van der Waals surface area contributed by atoms with Crippen LogP contribution in [0.5, 0.6) is 0 Å². The monoisotopic (exact) mass is 263 g/mol. The third-order valence-corrected chi connectivity index (χ3v) is 3.07. The van der Waals surface area contributed by atoms with Gasteiger partial charge in [-0.15, -0.1) is 12.3 Å². The number of carbonyl (C=O) groups is 1. The van der Waals surface area contributed by atoms with Crippen LogP contribution in [0.15, 0.2) is 60.7 Å². The minimum Gasteiger partial charge on any atom is -0.375 e. The normalized spacial score (nSPS) is 11.3. The summed E-state index contributed by atoms with van der Waals surface area (Å²) in [6.07, 6.45) is 6.52. The molecule has 2 heteroatoms. The Morgan fingerprint density at radius 1 is 1.05 bits per heavy atom. The van der Waals surface area contributed by atoms with Gasteiger partial charge in [0.1, 0.15) is 0 Å². The molecular formula is C18H17NO. The molecule has 0 aromatic heterocycles. The average molecular weight is 263 g/mol. The quantitative estimate of drug-likeness (QED) is 0.635. The molecule has 20 heavy (non-hydrogen) atoms. The molecule has 0 spiro atoms. The second kappa shape index (κ2) is 7.16. The number of hydrogen-bond donors (Lipinski definition) is 1. The van der Waals surface area contributed by atoms with Crippen LogP contribution < -0.4 is 5.32 Å². The molecule has 2 aromatic carbocycles. The molecule has 2 nitrogen and oxygen atoms in total. The number of ketones is 1. The maximum absolute atomic E-state index is 12.5. The Bertz CT molecular complexity index is 584. The van der Waals surface area contributed by atoms with Crippen molar-refractivity contribution in [2.75, 3.05) is 5.32 Å². The van der Waals surface area contributed by atoms with Crippen molar-refractivity contribution in [2.24, 2.45) is 0 Å². The van der Waals surface area contributed by atoms with Gasteiger partial charge in [0.2, 0.25) is 0 Å². The number of terminal acetylenes is 1. The maximum atomic E-state index is 12.5. The van der Waals surface area contributed by atoms with Crippen LogP contribution in [-0.2, 0) is 0 Å². The molecule has 100 valence electrons. The van der Waals surface area contributed by atoms with E-state index in [1.807, 2.05) is 60.7 Å². The van der Waals surface area contributed by atoms with E-state index in [0.29, 0.717) is 18.4 Å². The largest absolute Gasteiger partial charge is 0.375 e. The molecule has 0 aliphatic heterocycles. The highest BCUT2D eigenvalue weighted by Crippen LogP contribution is 2.14. The van der Waals surface area contributed by atoms with Gasteiger partial charge in [0.05, 0.1) is 6.04 Å². The van der Waals surface area contributed by atoms with Crippen molar-refractivity contribution < 1.29 is 4.79 Å². The molecule has 0 bridgehead atoms. The van der Waals surface area contributed by atoms with Crippen LogP contribution in [0.25, 0.3) is 0 Å². The molecule has 0 amide bonds. The number of carbonyl (C=O) groups excluding carboxylic acids is 1. The SMILES string of the molecule is C#CCCC(Nc1ccccc1)C(=O)c1ccccc1. The summed E-state index contributed by atoms with van der Waals surface area (Å²) in [4.78, 5) is 12.5. The Labute approximate surface area is 119 Å². The van der Waals surface area contributed by atoms with Gasteiger partial charge in [-0.05, 0) is 18.6 Å². The van der Waals surface area contributed by atoms with Gasteiger partial charge in [-0.25, -0.2) is 0 Å². The van der Waals surface area contributed by atoms with Gasteiger partial charge < -0.3 is 5.32 Å². The van der Waals surface area contributed by atoms with Crippen LogP contribution in [0.1, 0.15) is 23.2 Å². The second-order valence-corrected chi connectivity index (χ2v) is 4.54. The lowest BCUT2D eigenvalue weighted by atomic mass is 10.00. The molecule has 0 heterocycles. The molecule has 2 rings (SSSR count). The predicted octanol–water partition coefficient (Wildman–Crippen LogP) is 3.76. The Balaban J connectivity index is 2.15. The highest BCUT2D eigenvalue weighted by molar-refractivity contribution is 6.01. The van der Waals surface area contributed by atoms with E-state index in [-0.39, 0.29) is 11.8 Å². The third-order valence-electron chi connectivity index (χ3n) is 3.07. The molecule has 0 saturated carbocycles. The number of hydrogen-bond acceptors (Lipinski definition) is 2. The van der Waals surface area contributed by atoms with Gasteiger partial charge >= 0.3 is 0 Å². The molecule has 0 radical (unpaired) electrons. The van der Waals surface area contributed by atoms with Crippen molar-refractivity contribution in [1.82, 2.24) is 0 Å². The second-order valence-electron chi connectivity index (χ2n) is 4.54. The van der Waals surface area contributed by atoms with Crippen LogP contribution >= 0.6 is 0 Å². The lowest BCUT2D eigenvalue weighted by molar-refractivity contribution is 0.0966. The van der Waals surface area contributed by atoms with Crippen molar-refractivity contribution in [3.63, 3.8) is 0 Å². The van der Waals surface area contributed by atoms with E-state index >= 15 is 0 Å². The van der Waals surface area contributed by atoms with E-state index < -0.39 is 0 Å². The first-order chi connectivity index (χ1) is 9.81. The van der Waals surface area contributed by atoms with Crippen molar-refractivity contribution in [1.29, 1.82) is 0 Å². The zero-order valence-corrected chi connectivity index (χ0v) is 11.3. The minimum atomic E-state index is -0.296. The molecule has 1 unspecified atom stereocenters. The lowest BCUT2D eigenvalue weighted by Crippen LogP contribution is -2.29. The van der Waals surface area contributed by atoms with Gasteiger partial charge in [-0.1, -0.05) is 48.5 Å². The van der Waals surface area contributed by atoms with Crippen LogP contribution in [0.4, 0.5) is 5.69 Å². The van der Waals surface area contributed by atoms with Gasteiger partial charge in [0.25, 0.3) is 0 Å². The fourth-order valence-corrected chi connectivity index (χ4v) is 2.04. The molecule has 0 aliphatic rings. The topological polar surface area (TPSA) is 29.1 Å². The molecular weight excluding hydrogens is 246 g/mol. The lowest BCUT2D eigenvalue weighted by Gasteiger charge is -2.18. The van der Waals surface area contributed by atoms with E-state index in [0.717, 1.165) is 5.69 Å². The molecule has 1 atom stereocenters. The number of Topliss-reactive ketones (excluding diaryl/α,β-unsaturated/α-hetero) is 1. The summed E-state index contributed by atoms with van der Waals surface area (Å²) in [6.45, 7) is 0. The Kier molecular flexibility index (Phi) is 4.97. The number of anilines is 1. The smallest absolute Gasteiger partial charge is 0.185 e. The summed E-state index contributed by atoms with van der Waals surface area (Å²) in [6, 6.07) is 18.7. The van der Waals surface area contributed by atoms with E-state index in [4.69, 9.17) is 6.42 Å². The average Bonchev–Trinajstić information content (AvgIpc) is 2.52. The standard InChI is InChI=1S/C18H17NO/c1-2-3-14-17(19-16-12-8-5-9-13-16)18(20)15-10-6-4-7-11-15/h1,4-13,17,19H,3,14H2. The fraction of sp³-hybridized carbons (Fsp3) is 0.167. The summed E-state index contributed by atoms with van der Waals surface area (Å²) >= 11 is 0. The number of rotatable bonds is 6. The van der Waals surface area contributed by atoms with E-state index in [9.17, 15) is 4.79 Å². The van der Waals surface area contributed by atoms with Gasteiger partial charge in [0, 0.05) is 17.7 Å². The Morgan fingerprint density at radius 2 is 1.65 bits per heavy atom. The first-order valence-electron chi connectivity index (χ1n) is 6.65. The number of nitrogens with one attached hydrogen (secondary N) is 1. The van der Waals surface area contributed by atoms with Crippen molar-refractivity contribution in [3.8, 4) is 12.3 Å². The molecule has 0 aliphatic carbocycles. The highest BCUT2D eigenvalue weighted by Gasteiger charge is 2.19. The van der Waals surface area contributed by atoms with Crippen molar-refractivity contribution >= 4 is 11.5 Å². The Morgan fingerprint density at radius 3 is 2.25 bits per heavy atom. The predicted molar refractivity (Wildman–Crippen MR) is 82.7 cm³/mol. The van der Waals surface area contributed by atoms with E-state index in [1.54, 1.807) is 0 Å². The molecule has 1 N–H and O–H groups in total. The third kappa shape index (κ3) is 3.73. The maximum Gasteiger partial charge on any atom is 0.185 e. The molecule has 0 fully saturated rings. The highest BCUT2D eigenvalue weighted by atomic mass is 16.1. The summed E-state index contributed by atoms with van der Waals surface area (Å²) in [5.74, 6) is 2.67. The van der Waals surface area contributed by atoms with Crippen LogP contribution in [0.2, 0.25) is 0 Å². The molecule has 0 saturated heterocycles. The van der Waals surface area contributed by atoms with E-state index in [1.165, 1.54) is 0 Å². The fourth-order valence-electron chi connectivity index (χ4n) is 2.04. The van der Waals surface area contributed by atoms with Gasteiger partial charge in [0.15, 0.2) is 5.78 Å². The van der Waals surface area contributed by atoms with Crippen LogP contribution in [0.3, 0.4) is 0 Å². The van der Waals surface area contributed by atoms with Crippen molar-refractivity contribution in [3.05, 3.63) is 66.2 Å². The van der Waals surface area contributed by atoms with Gasteiger partial charge in [-0.2, -0.15) is 0 Å². The zero-order valence-electron chi connectivity index (χ0n) is 11.3. The summed E-state index contributed by atoms with van der Waals surface area (Å²) < 4.78 is 0. The number of para-hydroxylation sites is 1. The van der Waals surface area contributed by atoms with Crippen molar-refractivity contribution in [2.45, 2.75) is 18.9 Å². The number of benzene rings is 2. The van der Waals surface area contributed by atoms with Gasteiger partial charge in [-0.3, -0.25) is 4.79 Å². The van der Waals surface area contributed by atoms with Crippen LogP contribution in [-0.4, -0.2) is 11.8 Å². The molecule has 2 aromatic rings. The summed E-state index contributed by atoms with van der Waals surface area (Å²) in [5, 5.41) is 3.27. The summed E-state index contributed by atoms with van der Waals surface area (Å²) in [7, 11) is 0. The van der Waals surface area contributed by atoms with Crippen LogP contribution in [0, 0.1) is 12.3 Å². The summed E-state index contributed by atoms with van der Waals surface area (Å²) in [5.41, 5.74) is 1.64. The Hall–Kier alpha value is -2.53. The zero-order chi connectivity index (χ0) is 14.2. The minimum absolute atomic E-state index is 0.0738. The first kappa shape index (κ1) is 13.9. The van der Waals surface area contributed by atoms with E-state index in [2.05, 4.69) is 11.2 Å².